The van der Waals surface area contributed by atoms with Crippen LogP contribution in [0.2, 0.25) is 0 Å². The first-order valence-electron chi connectivity index (χ1n) is 8.65. The fourth-order valence-corrected chi connectivity index (χ4v) is 3.33. The Kier molecular flexibility index (Phi) is 5.66. The van der Waals surface area contributed by atoms with E-state index in [0.717, 1.165) is 11.1 Å². The number of fused-ring (bicyclic) bond motifs is 1. The van der Waals surface area contributed by atoms with E-state index in [1.807, 2.05) is 6.92 Å². The normalized spacial score (nSPS) is 35.9. The van der Waals surface area contributed by atoms with E-state index in [0.29, 0.717) is 5.76 Å². The van der Waals surface area contributed by atoms with Gasteiger partial charge in [0.25, 0.3) is 0 Å². The zero-order valence-electron chi connectivity index (χ0n) is 15.0. The van der Waals surface area contributed by atoms with Gasteiger partial charge in [-0.05, 0) is 18.6 Å². The van der Waals surface area contributed by atoms with E-state index in [1.54, 1.807) is 18.2 Å². The van der Waals surface area contributed by atoms with Crippen LogP contribution in [0.25, 0.3) is 0 Å². The van der Waals surface area contributed by atoms with E-state index in [9.17, 15) is 24.9 Å². The number of aliphatic hydroxyl groups is 3. The molecule has 0 saturated carbocycles. The van der Waals surface area contributed by atoms with Gasteiger partial charge in [0.15, 0.2) is 0 Å². The second kappa shape index (κ2) is 7.81. The number of hydrogen-bond acceptors (Lipinski definition) is 8. The molecular weight excluding hydrogens is 358 g/mol. The average Bonchev–Trinajstić information content (AvgIpc) is 2.60. The third-order valence-electron chi connectivity index (χ3n) is 4.71. The highest BCUT2D eigenvalue weighted by Crippen LogP contribution is 2.31. The maximum atomic E-state index is 11.6. The van der Waals surface area contributed by atoms with E-state index in [1.165, 1.54) is 6.92 Å². The molecule has 9 heteroatoms. The van der Waals surface area contributed by atoms with Gasteiger partial charge in [0.05, 0.1) is 13.0 Å². The van der Waals surface area contributed by atoms with Gasteiger partial charge in [0, 0.05) is 13.0 Å². The highest BCUT2D eigenvalue weighted by atomic mass is 16.7. The Bertz CT molecular complexity index is 712. The van der Waals surface area contributed by atoms with Crippen LogP contribution in [0.1, 0.15) is 20.3 Å². The average molecular weight is 381 g/mol. The molecule has 3 rings (SSSR count). The molecular formula is C18H23NO8. The van der Waals surface area contributed by atoms with Crippen molar-refractivity contribution in [1.29, 1.82) is 0 Å². The molecule has 1 aliphatic carbocycles. The lowest BCUT2D eigenvalue weighted by Gasteiger charge is -2.42. The molecule has 0 aromatic rings. The molecule has 0 radical (unpaired) electrons. The summed E-state index contributed by atoms with van der Waals surface area (Å²) in [5.74, 6) is -0.468. The lowest BCUT2D eigenvalue weighted by molar-refractivity contribution is -0.258. The van der Waals surface area contributed by atoms with Gasteiger partial charge in [-0.1, -0.05) is 11.6 Å². The molecule has 1 amide bonds. The summed E-state index contributed by atoms with van der Waals surface area (Å²) in [4.78, 5) is 23.1. The van der Waals surface area contributed by atoms with Crippen molar-refractivity contribution in [3.63, 3.8) is 0 Å². The number of hydrogen-bond donors (Lipinski definition) is 4. The Morgan fingerprint density at radius 1 is 1.33 bits per heavy atom. The summed E-state index contributed by atoms with van der Waals surface area (Å²) in [5.41, 5.74) is 1.78. The van der Waals surface area contributed by atoms with Gasteiger partial charge in [-0.25, -0.2) is 0 Å². The molecule has 2 heterocycles. The number of ether oxygens (including phenoxy) is 3. The standard InChI is InChI=1S/C18H23NO8/c1-8-5-14(22)26-12-6-10(3-4-11(8)12)25-18-15(19-9(2)21)17(24)16(23)13(7-20)27-18/h3-4,6,12-13,15-18,20,23-24H,5,7H2,1-2H3,(H,19,21)/t12-,13+,15-,16-,17+,18+/m1/s1. The molecule has 2 aliphatic heterocycles. The molecule has 0 bridgehead atoms. The molecule has 27 heavy (non-hydrogen) atoms. The Hall–Kier alpha value is -2.20. The minimum atomic E-state index is -1.40. The highest BCUT2D eigenvalue weighted by molar-refractivity contribution is 5.76. The summed E-state index contributed by atoms with van der Waals surface area (Å²) in [5, 5.41) is 32.2. The van der Waals surface area contributed by atoms with Crippen molar-refractivity contribution in [3.05, 3.63) is 35.1 Å². The molecule has 0 aromatic carbocycles. The fraction of sp³-hybridized carbons (Fsp3) is 0.556. The van der Waals surface area contributed by atoms with E-state index in [4.69, 9.17) is 14.2 Å². The summed E-state index contributed by atoms with van der Waals surface area (Å²) in [6, 6.07) is -1.05. The molecule has 6 atom stereocenters. The van der Waals surface area contributed by atoms with Crippen LogP contribution in [-0.4, -0.2) is 70.6 Å². The van der Waals surface area contributed by atoms with Crippen LogP contribution in [0.3, 0.4) is 0 Å². The van der Waals surface area contributed by atoms with Crippen molar-refractivity contribution in [1.82, 2.24) is 5.32 Å². The monoisotopic (exact) mass is 381 g/mol. The Morgan fingerprint density at radius 3 is 2.74 bits per heavy atom. The first-order valence-corrected chi connectivity index (χ1v) is 8.65. The zero-order chi connectivity index (χ0) is 19.7. The van der Waals surface area contributed by atoms with Crippen LogP contribution in [0.4, 0.5) is 0 Å². The maximum absolute atomic E-state index is 11.6. The summed E-state index contributed by atoms with van der Waals surface area (Å²) >= 11 is 0. The molecule has 9 nitrogen and oxygen atoms in total. The first kappa shape index (κ1) is 19.6. The van der Waals surface area contributed by atoms with Gasteiger partial charge >= 0.3 is 5.97 Å². The van der Waals surface area contributed by atoms with Gasteiger partial charge in [-0.2, -0.15) is 0 Å². The van der Waals surface area contributed by atoms with Crippen LogP contribution in [0, 0.1) is 0 Å². The van der Waals surface area contributed by atoms with E-state index >= 15 is 0 Å². The van der Waals surface area contributed by atoms with Crippen LogP contribution in [0.15, 0.2) is 35.1 Å². The maximum Gasteiger partial charge on any atom is 0.310 e. The molecule has 1 saturated heterocycles. The number of carbonyl (C=O) groups is 2. The number of amides is 1. The lowest BCUT2D eigenvalue weighted by Crippen LogP contribution is -2.64. The molecule has 4 N–H and O–H groups in total. The summed E-state index contributed by atoms with van der Waals surface area (Å²) in [7, 11) is 0. The van der Waals surface area contributed by atoms with Gasteiger partial charge < -0.3 is 34.8 Å². The predicted octanol–water partition coefficient (Wildman–Crippen LogP) is -0.968. The first-order chi connectivity index (χ1) is 12.8. The van der Waals surface area contributed by atoms with Crippen molar-refractivity contribution in [2.24, 2.45) is 0 Å². The number of aliphatic hydroxyl groups excluding tert-OH is 3. The Balaban J connectivity index is 1.80. The molecule has 3 aliphatic rings. The van der Waals surface area contributed by atoms with Gasteiger partial charge in [-0.3, -0.25) is 9.59 Å². The quantitative estimate of drug-likeness (QED) is 0.457. The topological polar surface area (TPSA) is 135 Å². The van der Waals surface area contributed by atoms with Crippen molar-refractivity contribution in [2.75, 3.05) is 6.61 Å². The Labute approximate surface area is 155 Å². The minimum absolute atomic E-state index is 0.235. The third-order valence-corrected chi connectivity index (χ3v) is 4.71. The van der Waals surface area contributed by atoms with Crippen LogP contribution in [-0.2, 0) is 23.8 Å². The minimum Gasteiger partial charge on any atom is -0.463 e. The number of carbonyl (C=O) groups excluding carboxylic acids is 2. The second-order valence-corrected chi connectivity index (χ2v) is 6.78. The molecule has 0 unspecified atom stereocenters. The molecule has 0 spiro atoms. The number of allylic oxidation sites excluding steroid dienone is 1. The number of nitrogens with one attached hydrogen (secondary N) is 1. The smallest absolute Gasteiger partial charge is 0.310 e. The van der Waals surface area contributed by atoms with Crippen molar-refractivity contribution < 1.29 is 39.1 Å². The SMILES string of the molecule is CC(=O)N[C@H]1[C@@H](OC2=C[C@H]3OC(=O)CC(C)=C3C=C2)O[C@@H](CO)[C@@H](O)[C@H]1O. The lowest BCUT2D eigenvalue weighted by atomic mass is 9.94. The number of esters is 1. The van der Waals surface area contributed by atoms with Gasteiger partial charge in [0.1, 0.15) is 36.2 Å². The van der Waals surface area contributed by atoms with Crippen molar-refractivity contribution in [3.8, 4) is 0 Å². The Morgan fingerprint density at radius 2 is 2.07 bits per heavy atom. The number of rotatable bonds is 4. The van der Waals surface area contributed by atoms with E-state index in [-0.39, 0.29) is 12.4 Å². The van der Waals surface area contributed by atoms with Gasteiger partial charge in [-0.15, -0.1) is 0 Å². The predicted molar refractivity (Wildman–Crippen MR) is 90.9 cm³/mol. The van der Waals surface area contributed by atoms with Crippen LogP contribution in [0.5, 0.6) is 0 Å². The second-order valence-electron chi connectivity index (χ2n) is 6.78. The fourth-order valence-electron chi connectivity index (χ4n) is 3.33. The van der Waals surface area contributed by atoms with Crippen molar-refractivity contribution in [2.45, 2.75) is 57.0 Å². The zero-order valence-corrected chi connectivity index (χ0v) is 15.0. The summed E-state index contributed by atoms with van der Waals surface area (Å²) in [6.07, 6.45) is -0.352. The molecule has 1 fully saturated rings. The summed E-state index contributed by atoms with van der Waals surface area (Å²) in [6.45, 7) is 2.58. The van der Waals surface area contributed by atoms with Crippen molar-refractivity contribution >= 4 is 11.9 Å². The van der Waals surface area contributed by atoms with Crippen LogP contribution >= 0.6 is 0 Å². The highest BCUT2D eigenvalue weighted by Gasteiger charge is 2.46. The van der Waals surface area contributed by atoms with E-state index < -0.39 is 49.3 Å². The summed E-state index contributed by atoms with van der Waals surface area (Å²) < 4.78 is 16.6. The van der Waals surface area contributed by atoms with Gasteiger partial charge in [0.2, 0.25) is 12.2 Å². The third kappa shape index (κ3) is 4.06. The molecule has 148 valence electrons. The molecule has 0 aromatic heterocycles. The largest absolute Gasteiger partial charge is 0.463 e. The van der Waals surface area contributed by atoms with Crippen LogP contribution < -0.4 is 5.32 Å². The van der Waals surface area contributed by atoms with E-state index in [2.05, 4.69) is 5.32 Å².